The third kappa shape index (κ3) is 4.84. The molecule has 7 nitrogen and oxygen atoms in total. The van der Waals surface area contributed by atoms with E-state index in [9.17, 15) is 18.4 Å². The number of amides is 2. The first-order valence-corrected chi connectivity index (χ1v) is 12.3. The fourth-order valence-corrected chi connectivity index (χ4v) is 5.68. The van der Waals surface area contributed by atoms with E-state index in [0.29, 0.717) is 38.7 Å². The number of benzene rings is 2. The van der Waals surface area contributed by atoms with Crippen LogP contribution in [0.15, 0.2) is 36.4 Å². The molecule has 1 aliphatic heterocycles. The molecule has 2 aromatic rings. The van der Waals surface area contributed by atoms with Crippen LogP contribution < -0.4 is 20.1 Å². The topological polar surface area (TPSA) is 89.2 Å². The lowest BCUT2D eigenvalue weighted by molar-refractivity contribution is -0.133. The van der Waals surface area contributed by atoms with Crippen LogP contribution >= 0.6 is 23.2 Å². The van der Waals surface area contributed by atoms with E-state index in [1.807, 2.05) is 0 Å². The zero-order valence-corrected chi connectivity index (χ0v) is 20.7. The highest BCUT2D eigenvalue weighted by Crippen LogP contribution is 2.59. The van der Waals surface area contributed by atoms with Crippen molar-refractivity contribution >= 4 is 35.0 Å². The molecule has 6 rings (SSSR count). The minimum absolute atomic E-state index is 0.0224. The van der Waals surface area contributed by atoms with E-state index in [-0.39, 0.29) is 46.6 Å². The van der Waals surface area contributed by atoms with Crippen molar-refractivity contribution in [3.63, 3.8) is 0 Å². The molecule has 0 aromatic heterocycles. The molecule has 4 aliphatic rings. The molecule has 3 aliphatic carbocycles. The Morgan fingerprint density at radius 2 is 1.36 bits per heavy atom. The molecule has 2 bridgehead atoms. The first-order chi connectivity index (χ1) is 17.1. The molecule has 2 N–H and O–H groups in total. The average Bonchev–Trinajstić information content (AvgIpc) is 3.61. The molecule has 1 heterocycles. The molecule has 3 saturated carbocycles. The van der Waals surface area contributed by atoms with Crippen molar-refractivity contribution in [3.8, 4) is 11.5 Å². The summed E-state index contributed by atoms with van der Waals surface area (Å²) in [5, 5.41) is 6.15. The Morgan fingerprint density at radius 1 is 0.861 bits per heavy atom. The Hall–Kier alpha value is -2.62. The molecule has 36 heavy (non-hydrogen) atoms. The molecular formula is C25H24Cl2F2N2O5. The van der Waals surface area contributed by atoms with Crippen LogP contribution in [-0.4, -0.2) is 48.3 Å². The number of fused-ring (bicyclic) bond motifs is 2. The van der Waals surface area contributed by atoms with E-state index in [1.165, 1.54) is 24.3 Å². The van der Waals surface area contributed by atoms with Gasteiger partial charge in [-0.2, -0.15) is 0 Å². The second-order valence-electron chi connectivity index (χ2n) is 9.65. The highest BCUT2D eigenvalue weighted by Gasteiger charge is 2.70. The number of hydrogen-bond donors (Lipinski definition) is 2. The number of rotatable bonds is 8. The van der Waals surface area contributed by atoms with Gasteiger partial charge in [0, 0.05) is 24.1 Å². The van der Waals surface area contributed by atoms with E-state index < -0.39 is 28.3 Å². The van der Waals surface area contributed by atoms with Crippen molar-refractivity contribution < 1.29 is 32.6 Å². The maximum atomic E-state index is 13.6. The number of ether oxygens (including phenoxy) is 3. The van der Waals surface area contributed by atoms with Crippen LogP contribution in [0.25, 0.3) is 0 Å². The standard InChI is InChI=1S/C25H24Cl2F2N2O5/c26-17-3-1-15(9-19(17)28)34-11-21(32)30-23-5-7-24(8-6-23,25(13-23)14-36-25)31-22(33)12-35-16-2-4-18(27)20(29)10-16/h1-4,9-10H,5-8,11-14H2,(H,30,32)(H,31,33). The van der Waals surface area contributed by atoms with Gasteiger partial charge in [-0.3, -0.25) is 9.59 Å². The fourth-order valence-electron chi connectivity index (χ4n) is 5.44. The lowest BCUT2D eigenvalue weighted by Gasteiger charge is -2.57. The quantitative estimate of drug-likeness (QED) is 0.490. The smallest absolute Gasteiger partial charge is 0.258 e. The number of halogens is 4. The molecular weight excluding hydrogens is 517 g/mol. The predicted octanol–water partition coefficient (Wildman–Crippen LogP) is 4.19. The van der Waals surface area contributed by atoms with Crippen LogP contribution in [0.3, 0.4) is 0 Å². The highest BCUT2D eigenvalue weighted by molar-refractivity contribution is 6.31. The summed E-state index contributed by atoms with van der Waals surface area (Å²) in [4.78, 5) is 25.4. The minimum Gasteiger partial charge on any atom is -0.484 e. The number of carbonyl (C=O) groups excluding carboxylic acids is 2. The summed E-state index contributed by atoms with van der Waals surface area (Å²) < 4.78 is 43.9. The van der Waals surface area contributed by atoms with Crippen LogP contribution in [0.2, 0.25) is 10.0 Å². The van der Waals surface area contributed by atoms with E-state index in [1.54, 1.807) is 0 Å². The summed E-state index contributed by atoms with van der Waals surface area (Å²) >= 11 is 11.3. The van der Waals surface area contributed by atoms with Crippen molar-refractivity contribution in [1.82, 2.24) is 10.6 Å². The Bertz CT molecular complexity index is 1200. The summed E-state index contributed by atoms with van der Waals surface area (Å²) in [6.07, 6.45) is 3.12. The predicted molar refractivity (Wildman–Crippen MR) is 127 cm³/mol. The molecule has 2 aromatic carbocycles. The Kier molecular flexibility index (Phi) is 6.51. The van der Waals surface area contributed by atoms with Gasteiger partial charge in [0.05, 0.1) is 22.2 Å². The first kappa shape index (κ1) is 25.0. The first-order valence-electron chi connectivity index (χ1n) is 11.6. The lowest BCUT2D eigenvalue weighted by atomic mass is 9.56. The van der Waals surface area contributed by atoms with Gasteiger partial charge in [0.2, 0.25) is 0 Å². The van der Waals surface area contributed by atoms with Crippen molar-refractivity contribution in [2.75, 3.05) is 19.8 Å². The van der Waals surface area contributed by atoms with Gasteiger partial charge in [0.15, 0.2) is 13.2 Å². The molecule has 0 radical (unpaired) electrons. The van der Waals surface area contributed by atoms with Gasteiger partial charge in [-0.25, -0.2) is 8.78 Å². The zero-order chi connectivity index (χ0) is 25.6. The summed E-state index contributed by atoms with van der Waals surface area (Å²) in [7, 11) is 0. The highest BCUT2D eigenvalue weighted by atomic mass is 35.5. The minimum atomic E-state index is -0.623. The Labute approximate surface area is 216 Å². The Morgan fingerprint density at radius 3 is 1.83 bits per heavy atom. The molecule has 1 unspecified atom stereocenters. The molecule has 2 amide bonds. The van der Waals surface area contributed by atoms with Crippen molar-refractivity contribution in [1.29, 1.82) is 0 Å². The second-order valence-corrected chi connectivity index (χ2v) is 10.5. The average molecular weight is 541 g/mol. The third-order valence-electron chi connectivity index (χ3n) is 7.35. The van der Waals surface area contributed by atoms with Crippen LogP contribution in [-0.2, 0) is 14.3 Å². The number of hydrogen-bond acceptors (Lipinski definition) is 5. The van der Waals surface area contributed by atoms with Crippen molar-refractivity contribution in [2.45, 2.75) is 48.8 Å². The molecule has 1 spiro atoms. The van der Waals surface area contributed by atoms with Gasteiger partial charge >= 0.3 is 0 Å². The monoisotopic (exact) mass is 540 g/mol. The van der Waals surface area contributed by atoms with E-state index in [4.69, 9.17) is 37.4 Å². The van der Waals surface area contributed by atoms with Gasteiger partial charge in [-0.1, -0.05) is 23.2 Å². The normalized spacial score (nSPS) is 28.0. The molecule has 11 heteroatoms. The maximum absolute atomic E-state index is 13.6. The molecule has 192 valence electrons. The van der Waals surface area contributed by atoms with E-state index >= 15 is 0 Å². The van der Waals surface area contributed by atoms with Crippen LogP contribution in [0.4, 0.5) is 8.78 Å². The fraction of sp³-hybridized carbons (Fsp3) is 0.440. The van der Waals surface area contributed by atoms with Gasteiger partial charge in [0.1, 0.15) is 28.7 Å². The zero-order valence-electron chi connectivity index (χ0n) is 19.2. The number of carbonyl (C=O) groups is 2. The van der Waals surface area contributed by atoms with E-state index in [2.05, 4.69) is 10.6 Å². The summed E-state index contributed by atoms with van der Waals surface area (Å²) in [5.41, 5.74) is -1.58. The number of nitrogens with one attached hydrogen (secondary N) is 2. The second kappa shape index (κ2) is 9.36. The van der Waals surface area contributed by atoms with Gasteiger partial charge in [-0.15, -0.1) is 0 Å². The van der Waals surface area contributed by atoms with Crippen LogP contribution in [0, 0.1) is 11.6 Å². The SMILES string of the molecule is O=C(COc1ccc(Cl)c(F)c1)NC12CCC(NC(=O)COc3ccc(Cl)c(F)c3)(CC1)C1(CO1)C2. The summed E-state index contributed by atoms with van der Waals surface area (Å²) in [6.45, 7) is -0.0562. The third-order valence-corrected chi connectivity index (χ3v) is 7.97. The largest absolute Gasteiger partial charge is 0.484 e. The molecule has 1 atom stereocenters. The summed E-state index contributed by atoms with van der Waals surface area (Å²) in [6, 6.07) is 7.98. The van der Waals surface area contributed by atoms with Crippen LogP contribution in [0.5, 0.6) is 11.5 Å². The lowest BCUT2D eigenvalue weighted by Crippen LogP contribution is -2.72. The van der Waals surface area contributed by atoms with Gasteiger partial charge < -0.3 is 24.8 Å². The maximum Gasteiger partial charge on any atom is 0.258 e. The van der Waals surface area contributed by atoms with Crippen molar-refractivity contribution in [2.24, 2.45) is 0 Å². The van der Waals surface area contributed by atoms with Crippen molar-refractivity contribution in [3.05, 3.63) is 58.1 Å². The van der Waals surface area contributed by atoms with Crippen LogP contribution in [0.1, 0.15) is 32.1 Å². The molecule has 1 saturated heterocycles. The van der Waals surface area contributed by atoms with Gasteiger partial charge in [-0.05, 0) is 49.9 Å². The summed E-state index contributed by atoms with van der Waals surface area (Å²) in [5.74, 6) is -1.47. The molecule has 4 fully saturated rings. The number of epoxide rings is 1. The Balaban J connectivity index is 1.16. The van der Waals surface area contributed by atoms with Gasteiger partial charge in [0.25, 0.3) is 11.8 Å². The van der Waals surface area contributed by atoms with E-state index in [0.717, 1.165) is 12.1 Å².